The molecule has 0 saturated heterocycles. The van der Waals surface area contributed by atoms with Crippen molar-refractivity contribution in [1.82, 2.24) is 4.98 Å². The normalized spacial score (nSPS) is 13.3. The number of sulfone groups is 1. The first-order chi connectivity index (χ1) is 15.7. The van der Waals surface area contributed by atoms with Crippen molar-refractivity contribution < 1.29 is 18.3 Å². The predicted molar refractivity (Wildman–Crippen MR) is 131 cm³/mol. The van der Waals surface area contributed by atoms with Gasteiger partial charge >= 0.3 is 5.97 Å². The van der Waals surface area contributed by atoms with Crippen molar-refractivity contribution in [3.05, 3.63) is 88.4 Å². The average molecular weight is 478 g/mol. The van der Waals surface area contributed by atoms with E-state index in [1.54, 1.807) is 19.2 Å². The number of carboxylic acid groups (broad SMARTS) is 1. The van der Waals surface area contributed by atoms with E-state index in [0.29, 0.717) is 4.88 Å². The maximum Gasteiger partial charge on any atom is 0.308 e. The Bertz CT molecular complexity index is 1470. The maximum atomic E-state index is 13.1. The molecule has 0 aliphatic carbocycles. The van der Waals surface area contributed by atoms with Gasteiger partial charge in [-0.25, -0.2) is 8.42 Å². The van der Waals surface area contributed by atoms with E-state index in [-0.39, 0.29) is 4.21 Å². The van der Waals surface area contributed by atoms with Gasteiger partial charge < -0.3 is 10.1 Å². The Morgan fingerprint density at radius 1 is 1.06 bits per heavy atom. The number of aromatic amines is 1. The lowest BCUT2D eigenvalue weighted by atomic mass is 9.88. The number of hydrogen-bond donors (Lipinski definition) is 2. The van der Waals surface area contributed by atoms with Crippen LogP contribution >= 0.6 is 11.3 Å². The van der Waals surface area contributed by atoms with Crippen LogP contribution in [0, 0.1) is 24.7 Å². The largest absolute Gasteiger partial charge is 0.481 e. The summed E-state index contributed by atoms with van der Waals surface area (Å²) in [6.45, 7) is 3.76. The fourth-order valence-corrected chi connectivity index (χ4v) is 6.68. The van der Waals surface area contributed by atoms with Crippen molar-refractivity contribution in [2.75, 3.05) is 5.75 Å². The fraction of sp³-hybridized carbons (Fsp3) is 0.192. The Morgan fingerprint density at radius 3 is 2.52 bits per heavy atom. The number of fused-ring (bicyclic) bond motifs is 1. The lowest BCUT2D eigenvalue weighted by Crippen LogP contribution is -2.28. The summed E-state index contributed by atoms with van der Waals surface area (Å²) < 4.78 is 26.3. The van der Waals surface area contributed by atoms with Crippen LogP contribution in [0.15, 0.2) is 71.1 Å². The summed E-state index contributed by atoms with van der Waals surface area (Å²) in [5.74, 6) is 2.85. The zero-order valence-electron chi connectivity index (χ0n) is 18.2. The van der Waals surface area contributed by atoms with Crippen molar-refractivity contribution >= 4 is 38.0 Å². The van der Waals surface area contributed by atoms with Crippen LogP contribution in [0.4, 0.5) is 0 Å². The second-order valence-electron chi connectivity index (χ2n) is 8.04. The summed E-state index contributed by atoms with van der Waals surface area (Å²) in [5.41, 5.74) is 3.67. The molecule has 5 nitrogen and oxygen atoms in total. The van der Waals surface area contributed by atoms with Crippen molar-refractivity contribution in [3.63, 3.8) is 0 Å². The van der Waals surface area contributed by atoms with Gasteiger partial charge in [0.2, 0.25) is 0 Å². The minimum Gasteiger partial charge on any atom is -0.481 e. The SMILES string of the molecule is Cc1ccc(C#Cc2ccc(S(=O)(=O)C[C@@H](C(=O)O)[C@@H](C)c3c[nH]c4ccccc34)s2)cc1. The number of H-pyrrole nitrogens is 1. The van der Waals surface area contributed by atoms with E-state index in [0.717, 1.165) is 38.9 Å². The van der Waals surface area contributed by atoms with E-state index in [1.165, 1.54) is 6.07 Å². The van der Waals surface area contributed by atoms with E-state index in [1.807, 2.05) is 55.5 Å². The fourth-order valence-electron chi connectivity index (χ4n) is 3.76. The lowest BCUT2D eigenvalue weighted by molar-refractivity contribution is -0.141. The zero-order chi connectivity index (χ0) is 23.6. The molecule has 0 fully saturated rings. The van der Waals surface area contributed by atoms with Crippen LogP contribution in [-0.2, 0) is 14.6 Å². The molecule has 4 aromatic rings. The second kappa shape index (κ2) is 9.26. The van der Waals surface area contributed by atoms with Crippen molar-refractivity contribution in [2.24, 2.45) is 5.92 Å². The summed E-state index contributed by atoms with van der Waals surface area (Å²) >= 11 is 1.07. The van der Waals surface area contributed by atoms with Gasteiger partial charge in [0.1, 0.15) is 4.21 Å². The van der Waals surface area contributed by atoms with Gasteiger partial charge in [0.15, 0.2) is 9.84 Å². The third kappa shape index (κ3) is 5.03. The third-order valence-corrected chi connectivity index (χ3v) is 9.06. The molecular weight excluding hydrogens is 454 g/mol. The zero-order valence-corrected chi connectivity index (χ0v) is 19.8. The van der Waals surface area contributed by atoms with Crippen LogP contribution in [0.1, 0.15) is 34.4 Å². The van der Waals surface area contributed by atoms with Crippen LogP contribution in [0.5, 0.6) is 0 Å². The Hall–Kier alpha value is -3.34. The molecule has 2 aromatic carbocycles. The second-order valence-corrected chi connectivity index (χ2v) is 11.4. The number of benzene rings is 2. The van der Waals surface area contributed by atoms with Gasteiger partial charge in [-0.2, -0.15) is 0 Å². The Labute approximate surface area is 197 Å². The highest BCUT2D eigenvalue weighted by molar-refractivity contribution is 7.93. The first-order valence-electron chi connectivity index (χ1n) is 10.4. The molecule has 2 N–H and O–H groups in total. The van der Waals surface area contributed by atoms with Crippen LogP contribution in [0.25, 0.3) is 10.9 Å². The predicted octanol–water partition coefficient (Wildman–Crippen LogP) is 5.22. The summed E-state index contributed by atoms with van der Waals surface area (Å²) in [5, 5.41) is 10.8. The van der Waals surface area contributed by atoms with Crippen LogP contribution in [-0.4, -0.2) is 30.2 Å². The van der Waals surface area contributed by atoms with Crippen LogP contribution in [0.2, 0.25) is 0 Å². The van der Waals surface area contributed by atoms with Crippen molar-refractivity contribution in [2.45, 2.75) is 24.0 Å². The minimum absolute atomic E-state index is 0.132. The molecule has 0 spiro atoms. The van der Waals surface area contributed by atoms with Gasteiger partial charge in [-0.15, -0.1) is 11.3 Å². The van der Waals surface area contributed by atoms with E-state index in [4.69, 9.17) is 0 Å². The number of para-hydroxylation sites is 1. The quantitative estimate of drug-likeness (QED) is 0.373. The highest BCUT2D eigenvalue weighted by Crippen LogP contribution is 2.33. The average Bonchev–Trinajstić information content (AvgIpc) is 3.44. The van der Waals surface area contributed by atoms with Crippen molar-refractivity contribution in [1.29, 1.82) is 0 Å². The first kappa shape index (κ1) is 22.8. The maximum absolute atomic E-state index is 13.1. The smallest absolute Gasteiger partial charge is 0.308 e. The number of aliphatic carboxylic acids is 1. The summed E-state index contributed by atoms with van der Waals surface area (Å²) in [6.07, 6.45) is 1.77. The number of aromatic nitrogens is 1. The number of nitrogens with one attached hydrogen (secondary N) is 1. The van der Waals surface area contributed by atoms with E-state index >= 15 is 0 Å². The van der Waals surface area contributed by atoms with E-state index in [2.05, 4.69) is 16.8 Å². The Morgan fingerprint density at radius 2 is 1.79 bits per heavy atom. The van der Waals surface area contributed by atoms with Gasteiger partial charge in [0, 0.05) is 22.7 Å². The summed E-state index contributed by atoms with van der Waals surface area (Å²) in [4.78, 5) is 15.8. The molecule has 2 heterocycles. The van der Waals surface area contributed by atoms with Gasteiger partial charge in [-0.1, -0.05) is 54.7 Å². The molecule has 0 aliphatic rings. The molecule has 0 amide bonds. The number of rotatable bonds is 6. The molecular formula is C26H23NO4S2. The van der Waals surface area contributed by atoms with Gasteiger partial charge in [-0.3, -0.25) is 4.79 Å². The molecule has 0 saturated carbocycles. The molecule has 0 aliphatic heterocycles. The molecule has 0 bridgehead atoms. The molecule has 2 aromatic heterocycles. The number of aryl methyl sites for hydroxylation is 1. The lowest BCUT2D eigenvalue weighted by Gasteiger charge is -2.19. The van der Waals surface area contributed by atoms with Crippen LogP contribution in [0.3, 0.4) is 0 Å². The first-order valence-corrected chi connectivity index (χ1v) is 12.9. The summed E-state index contributed by atoms with van der Waals surface area (Å²) in [7, 11) is -3.80. The standard InChI is InChI=1S/C26H23NO4S2/c1-17-7-9-19(10-8-17)11-12-20-13-14-25(32-20)33(30,31)16-23(26(28)29)18(2)22-15-27-24-6-4-3-5-21(22)24/h3-10,13-15,18,23,27H,16H2,1-2H3,(H,28,29)/t18-,23+/m0/s1. The molecule has 0 unspecified atom stereocenters. The molecule has 168 valence electrons. The number of carbonyl (C=O) groups is 1. The summed E-state index contributed by atoms with van der Waals surface area (Å²) in [6, 6.07) is 18.5. The molecule has 4 rings (SSSR count). The van der Waals surface area contributed by atoms with Gasteiger partial charge in [0.25, 0.3) is 0 Å². The number of thiophene rings is 1. The topological polar surface area (TPSA) is 87.2 Å². The van der Waals surface area contributed by atoms with Crippen molar-refractivity contribution in [3.8, 4) is 11.8 Å². The Balaban J connectivity index is 1.56. The molecule has 0 radical (unpaired) electrons. The molecule has 7 heteroatoms. The molecule has 33 heavy (non-hydrogen) atoms. The third-order valence-electron chi connectivity index (χ3n) is 5.70. The monoisotopic (exact) mass is 477 g/mol. The molecule has 2 atom stereocenters. The highest BCUT2D eigenvalue weighted by atomic mass is 32.2. The minimum atomic E-state index is -3.80. The van der Waals surface area contributed by atoms with E-state index in [9.17, 15) is 18.3 Å². The Kier molecular flexibility index (Phi) is 6.41. The number of carboxylic acids is 1. The van der Waals surface area contributed by atoms with Gasteiger partial charge in [-0.05, 0) is 48.7 Å². The van der Waals surface area contributed by atoms with Crippen LogP contribution < -0.4 is 0 Å². The van der Waals surface area contributed by atoms with E-state index < -0.39 is 33.4 Å². The highest BCUT2D eigenvalue weighted by Gasteiger charge is 2.33. The number of hydrogen-bond acceptors (Lipinski definition) is 4. The van der Waals surface area contributed by atoms with Gasteiger partial charge in [0.05, 0.1) is 16.5 Å².